The minimum Gasteiger partial charge on any atom is -0.313 e. The topological polar surface area (TPSA) is 12.0 Å². The van der Waals surface area contributed by atoms with Crippen molar-refractivity contribution in [3.05, 3.63) is 33.1 Å². The van der Waals surface area contributed by atoms with Gasteiger partial charge in [0.05, 0.1) is 0 Å². The zero-order valence-corrected chi connectivity index (χ0v) is 12.9. The van der Waals surface area contributed by atoms with Crippen molar-refractivity contribution in [2.75, 3.05) is 7.05 Å². The molecule has 1 N–H and O–H groups in total. The smallest absolute Gasteiger partial charge is 0.124 e. The average molecular weight is 349 g/mol. The number of hydrogen-bond donors (Lipinski definition) is 1. The summed E-state index contributed by atoms with van der Waals surface area (Å²) < 4.78 is 14.1. The first kappa shape index (κ1) is 14.9. The summed E-state index contributed by atoms with van der Waals surface area (Å²) in [5.41, 5.74) is 1.21. The van der Waals surface area contributed by atoms with Crippen molar-refractivity contribution >= 4 is 22.6 Å². The first-order valence-corrected chi connectivity index (χ1v) is 7.28. The molecule has 96 valence electrons. The number of halogens is 2. The SMILES string of the molecule is CCCC(C)CC(NC)c1ccc(F)cc1I. The Labute approximate surface area is 117 Å². The Bertz CT molecular complexity index is 354. The van der Waals surface area contributed by atoms with E-state index in [0.717, 1.165) is 9.99 Å². The minimum absolute atomic E-state index is 0.158. The van der Waals surface area contributed by atoms with E-state index in [9.17, 15) is 4.39 Å². The molecule has 0 aliphatic rings. The second-order valence-corrected chi connectivity index (χ2v) is 5.80. The van der Waals surface area contributed by atoms with E-state index in [4.69, 9.17) is 0 Å². The Balaban J connectivity index is 2.79. The van der Waals surface area contributed by atoms with Gasteiger partial charge in [0, 0.05) is 9.61 Å². The van der Waals surface area contributed by atoms with Gasteiger partial charge in [-0.3, -0.25) is 0 Å². The zero-order valence-electron chi connectivity index (χ0n) is 10.8. The van der Waals surface area contributed by atoms with Gasteiger partial charge in [-0.25, -0.2) is 4.39 Å². The zero-order chi connectivity index (χ0) is 12.8. The highest BCUT2D eigenvalue weighted by atomic mass is 127. The van der Waals surface area contributed by atoms with Crippen LogP contribution >= 0.6 is 22.6 Å². The number of nitrogens with one attached hydrogen (secondary N) is 1. The van der Waals surface area contributed by atoms with Crippen LogP contribution in [0.1, 0.15) is 44.7 Å². The summed E-state index contributed by atoms with van der Waals surface area (Å²) in [4.78, 5) is 0. The molecule has 2 unspecified atom stereocenters. The lowest BCUT2D eigenvalue weighted by Crippen LogP contribution is -2.20. The maximum atomic E-state index is 13.1. The van der Waals surface area contributed by atoms with E-state index in [1.54, 1.807) is 12.1 Å². The second-order valence-electron chi connectivity index (χ2n) is 4.64. The molecular formula is C14H21FIN. The molecule has 0 radical (unpaired) electrons. The Morgan fingerprint density at radius 2 is 2.12 bits per heavy atom. The molecule has 0 saturated heterocycles. The van der Waals surface area contributed by atoms with Gasteiger partial charge in [0.25, 0.3) is 0 Å². The van der Waals surface area contributed by atoms with Crippen LogP contribution in [-0.2, 0) is 0 Å². The van der Waals surface area contributed by atoms with E-state index in [2.05, 4.69) is 41.8 Å². The molecule has 3 heteroatoms. The number of benzene rings is 1. The lowest BCUT2D eigenvalue weighted by molar-refractivity contribution is 0.405. The van der Waals surface area contributed by atoms with E-state index >= 15 is 0 Å². The van der Waals surface area contributed by atoms with Crippen LogP contribution in [0.4, 0.5) is 4.39 Å². The van der Waals surface area contributed by atoms with E-state index < -0.39 is 0 Å². The predicted molar refractivity (Wildman–Crippen MR) is 79.6 cm³/mol. The van der Waals surface area contributed by atoms with Gasteiger partial charge >= 0.3 is 0 Å². The van der Waals surface area contributed by atoms with Crippen LogP contribution in [-0.4, -0.2) is 7.05 Å². The van der Waals surface area contributed by atoms with Gasteiger partial charge in [-0.1, -0.05) is 32.8 Å². The van der Waals surface area contributed by atoms with Gasteiger partial charge in [0.2, 0.25) is 0 Å². The molecule has 17 heavy (non-hydrogen) atoms. The van der Waals surface area contributed by atoms with Crippen molar-refractivity contribution in [1.82, 2.24) is 5.32 Å². The van der Waals surface area contributed by atoms with Crippen LogP contribution in [0.15, 0.2) is 18.2 Å². The standard InChI is InChI=1S/C14H21FIN/c1-4-5-10(2)8-14(17-3)12-7-6-11(15)9-13(12)16/h6-7,9-10,14,17H,4-5,8H2,1-3H3. The van der Waals surface area contributed by atoms with Crippen LogP contribution in [0.2, 0.25) is 0 Å². The molecule has 0 saturated carbocycles. The fourth-order valence-electron chi connectivity index (χ4n) is 2.20. The second kappa shape index (κ2) is 7.31. The molecule has 0 aliphatic heterocycles. The van der Waals surface area contributed by atoms with E-state index in [1.807, 2.05) is 13.1 Å². The lowest BCUT2D eigenvalue weighted by atomic mass is 9.93. The molecule has 1 nitrogen and oxygen atoms in total. The quantitative estimate of drug-likeness (QED) is 0.745. The molecule has 0 heterocycles. The lowest BCUT2D eigenvalue weighted by Gasteiger charge is -2.22. The van der Waals surface area contributed by atoms with Gasteiger partial charge in [-0.2, -0.15) is 0 Å². The molecular weight excluding hydrogens is 328 g/mol. The molecule has 2 atom stereocenters. The fourth-order valence-corrected chi connectivity index (χ4v) is 3.05. The molecule has 0 amide bonds. The maximum absolute atomic E-state index is 13.1. The van der Waals surface area contributed by atoms with Crippen molar-refractivity contribution in [3.8, 4) is 0 Å². The highest BCUT2D eigenvalue weighted by molar-refractivity contribution is 14.1. The van der Waals surface area contributed by atoms with E-state index in [0.29, 0.717) is 12.0 Å². The molecule has 0 aromatic heterocycles. The average Bonchev–Trinajstić information content (AvgIpc) is 2.27. The number of hydrogen-bond acceptors (Lipinski definition) is 1. The summed E-state index contributed by atoms with van der Waals surface area (Å²) in [5.74, 6) is 0.535. The van der Waals surface area contributed by atoms with Gasteiger partial charge in [-0.15, -0.1) is 0 Å². The van der Waals surface area contributed by atoms with Gasteiger partial charge in [0.1, 0.15) is 5.82 Å². The summed E-state index contributed by atoms with van der Waals surface area (Å²) in [6, 6.07) is 5.37. The van der Waals surface area contributed by atoms with Crippen molar-refractivity contribution in [2.45, 2.75) is 39.2 Å². The fraction of sp³-hybridized carbons (Fsp3) is 0.571. The van der Waals surface area contributed by atoms with Crippen LogP contribution in [0.5, 0.6) is 0 Å². The van der Waals surface area contributed by atoms with Crippen molar-refractivity contribution in [2.24, 2.45) is 5.92 Å². The molecule has 0 bridgehead atoms. The Kier molecular flexibility index (Phi) is 6.41. The monoisotopic (exact) mass is 349 g/mol. The predicted octanol–water partition coefficient (Wildman–Crippen LogP) is 4.52. The molecule has 0 aliphatic carbocycles. The normalized spacial score (nSPS) is 14.6. The largest absolute Gasteiger partial charge is 0.313 e. The van der Waals surface area contributed by atoms with Gasteiger partial charge < -0.3 is 5.32 Å². The van der Waals surface area contributed by atoms with Crippen molar-refractivity contribution < 1.29 is 4.39 Å². The van der Waals surface area contributed by atoms with Crippen LogP contribution < -0.4 is 5.32 Å². The highest BCUT2D eigenvalue weighted by Crippen LogP contribution is 2.27. The van der Waals surface area contributed by atoms with Gasteiger partial charge in [-0.05, 0) is 59.7 Å². The van der Waals surface area contributed by atoms with Crippen LogP contribution in [0.3, 0.4) is 0 Å². The third kappa shape index (κ3) is 4.54. The van der Waals surface area contributed by atoms with E-state index in [1.165, 1.54) is 18.4 Å². The van der Waals surface area contributed by atoms with Crippen molar-refractivity contribution in [3.63, 3.8) is 0 Å². The summed E-state index contributed by atoms with van der Waals surface area (Å²) in [7, 11) is 1.97. The summed E-state index contributed by atoms with van der Waals surface area (Å²) in [6.45, 7) is 4.50. The summed E-state index contributed by atoms with van der Waals surface area (Å²) >= 11 is 2.21. The molecule has 1 rings (SSSR count). The summed E-state index contributed by atoms with van der Waals surface area (Å²) in [6.07, 6.45) is 3.57. The minimum atomic E-state index is -0.158. The molecule has 0 fully saturated rings. The third-order valence-corrected chi connectivity index (χ3v) is 4.04. The van der Waals surface area contributed by atoms with Gasteiger partial charge in [0.15, 0.2) is 0 Å². The first-order valence-electron chi connectivity index (χ1n) is 6.20. The highest BCUT2D eigenvalue weighted by Gasteiger charge is 2.15. The van der Waals surface area contributed by atoms with Crippen molar-refractivity contribution in [1.29, 1.82) is 0 Å². The maximum Gasteiger partial charge on any atom is 0.124 e. The van der Waals surface area contributed by atoms with E-state index in [-0.39, 0.29) is 5.82 Å². The summed E-state index contributed by atoms with van der Waals surface area (Å²) in [5, 5.41) is 3.34. The first-order chi connectivity index (χ1) is 8.08. The molecule has 1 aromatic carbocycles. The Morgan fingerprint density at radius 3 is 2.65 bits per heavy atom. The van der Waals surface area contributed by atoms with Crippen LogP contribution in [0, 0.1) is 15.3 Å². The molecule has 1 aromatic rings. The van der Waals surface area contributed by atoms with Crippen LogP contribution in [0.25, 0.3) is 0 Å². The Hall–Kier alpha value is -0.160. The number of rotatable bonds is 6. The molecule has 0 spiro atoms. The third-order valence-electron chi connectivity index (χ3n) is 3.11. The Morgan fingerprint density at radius 1 is 1.41 bits per heavy atom.